The van der Waals surface area contributed by atoms with E-state index in [1.165, 1.54) is 0 Å². The Balaban J connectivity index is 3.06. The smallest absolute Gasteiger partial charge is 0.208 e. The minimum Gasteiger partial charge on any atom is -0.357 e. The molecule has 4 heteroatoms. The van der Waals surface area contributed by atoms with Crippen LogP contribution >= 0.6 is 23.2 Å². The fourth-order valence-corrected chi connectivity index (χ4v) is 2.04. The summed E-state index contributed by atoms with van der Waals surface area (Å²) in [5.74, 6) is 0. The van der Waals surface area contributed by atoms with Crippen LogP contribution in [0.4, 0.5) is 0 Å². The van der Waals surface area contributed by atoms with Crippen molar-refractivity contribution in [1.82, 2.24) is 4.98 Å². The van der Waals surface area contributed by atoms with Gasteiger partial charge in [-0.3, -0.25) is 4.79 Å². The second-order valence-electron chi connectivity index (χ2n) is 3.54. The van der Waals surface area contributed by atoms with Gasteiger partial charge < -0.3 is 4.98 Å². The fourth-order valence-electron chi connectivity index (χ4n) is 1.62. The number of aryl methyl sites for hydroxylation is 2. The summed E-state index contributed by atoms with van der Waals surface area (Å²) < 4.78 is 0. The molecule has 0 atom stereocenters. The van der Waals surface area contributed by atoms with Gasteiger partial charge in [-0.25, -0.2) is 0 Å². The summed E-state index contributed by atoms with van der Waals surface area (Å²) in [5.41, 5.74) is 2.24. The van der Waals surface area contributed by atoms with Gasteiger partial charge in [-0.1, -0.05) is 23.2 Å². The van der Waals surface area contributed by atoms with Crippen LogP contribution in [0, 0.1) is 13.8 Å². The Labute approximate surface area is 96.8 Å². The second-order valence-corrected chi connectivity index (χ2v) is 4.35. The Kier molecular flexibility index (Phi) is 2.49. The van der Waals surface area contributed by atoms with E-state index in [1.54, 1.807) is 13.0 Å². The molecule has 1 aromatic carbocycles. The lowest BCUT2D eigenvalue weighted by atomic mass is 10.1. The van der Waals surface area contributed by atoms with Crippen LogP contribution in [0.3, 0.4) is 0 Å². The van der Waals surface area contributed by atoms with Crippen molar-refractivity contribution in [1.29, 1.82) is 0 Å². The summed E-state index contributed by atoms with van der Waals surface area (Å²) in [6.07, 6.45) is 0. The quantitative estimate of drug-likeness (QED) is 0.753. The molecule has 0 saturated heterocycles. The number of pyridine rings is 1. The summed E-state index contributed by atoms with van der Waals surface area (Å²) in [7, 11) is 0. The highest BCUT2D eigenvalue weighted by Gasteiger charge is 2.09. The number of fused-ring (bicyclic) bond motifs is 1. The first-order valence-corrected chi connectivity index (χ1v) is 5.24. The van der Waals surface area contributed by atoms with Gasteiger partial charge in [0.25, 0.3) is 0 Å². The van der Waals surface area contributed by atoms with E-state index in [0.717, 1.165) is 11.1 Å². The van der Waals surface area contributed by atoms with Crippen LogP contribution in [-0.2, 0) is 0 Å². The minimum atomic E-state index is -0.173. The summed E-state index contributed by atoms with van der Waals surface area (Å²) in [6, 6.07) is 3.45. The average Bonchev–Trinajstić information content (AvgIpc) is 2.17. The van der Waals surface area contributed by atoms with E-state index >= 15 is 0 Å². The molecule has 0 spiro atoms. The van der Waals surface area contributed by atoms with E-state index in [9.17, 15) is 4.79 Å². The first-order chi connectivity index (χ1) is 7.00. The van der Waals surface area contributed by atoms with Crippen molar-refractivity contribution in [3.05, 3.63) is 43.7 Å². The van der Waals surface area contributed by atoms with Gasteiger partial charge in [0.05, 0.1) is 5.52 Å². The van der Waals surface area contributed by atoms with Crippen molar-refractivity contribution in [3.63, 3.8) is 0 Å². The van der Waals surface area contributed by atoms with Crippen molar-refractivity contribution >= 4 is 34.1 Å². The maximum absolute atomic E-state index is 11.8. The normalized spacial score (nSPS) is 10.9. The summed E-state index contributed by atoms with van der Waals surface area (Å²) >= 11 is 11.8. The molecular formula is C11H9Cl2NO. The lowest BCUT2D eigenvalue weighted by Crippen LogP contribution is -2.07. The van der Waals surface area contributed by atoms with Crippen molar-refractivity contribution in [2.24, 2.45) is 0 Å². The van der Waals surface area contributed by atoms with E-state index in [0.29, 0.717) is 16.1 Å². The zero-order chi connectivity index (χ0) is 11.2. The third kappa shape index (κ3) is 1.64. The van der Waals surface area contributed by atoms with Gasteiger partial charge in [-0.2, -0.15) is 0 Å². The zero-order valence-corrected chi connectivity index (χ0v) is 9.83. The summed E-state index contributed by atoms with van der Waals surface area (Å²) in [5, 5.41) is 1.31. The van der Waals surface area contributed by atoms with Gasteiger partial charge in [-0.05, 0) is 31.5 Å². The van der Waals surface area contributed by atoms with Crippen LogP contribution < -0.4 is 5.43 Å². The van der Waals surface area contributed by atoms with Crippen molar-refractivity contribution in [2.45, 2.75) is 13.8 Å². The summed E-state index contributed by atoms with van der Waals surface area (Å²) in [4.78, 5) is 14.9. The lowest BCUT2D eigenvalue weighted by molar-refractivity contribution is 1.23. The SMILES string of the molecule is Cc1[nH]c2c(C)cc(Cl)cc2c(=O)c1Cl. The summed E-state index contributed by atoms with van der Waals surface area (Å²) in [6.45, 7) is 3.68. The number of hydrogen-bond donors (Lipinski definition) is 1. The van der Waals surface area contributed by atoms with Crippen LogP contribution in [-0.4, -0.2) is 4.98 Å². The standard InChI is InChI=1S/C11H9Cl2NO/c1-5-3-7(12)4-8-10(5)14-6(2)9(13)11(8)15/h3-4H,1-2H3,(H,14,15). The first kappa shape index (κ1) is 10.5. The number of rotatable bonds is 0. The van der Waals surface area contributed by atoms with Crippen molar-refractivity contribution < 1.29 is 0 Å². The molecule has 0 unspecified atom stereocenters. The molecule has 1 heterocycles. The minimum absolute atomic E-state index is 0.173. The Morgan fingerprint density at radius 3 is 2.53 bits per heavy atom. The monoisotopic (exact) mass is 241 g/mol. The molecule has 0 aliphatic rings. The van der Waals surface area contributed by atoms with Gasteiger partial charge >= 0.3 is 0 Å². The molecule has 0 aliphatic carbocycles. The molecule has 0 bridgehead atoms. The van der Waals surface area contributed by atoms with Crippen LogP contribution in [0.25, 0.3) is 10.9 Å². The fraction of sp³-hybridized carbons (Fsp3) is 0.182. The second kappa shape index (κ2) is 3.54. The molecule has 2 rings (SSSR count). The molecule has 2 nitrogen and oxygen atoms in total. The number of hydrogen-bond acceptors (Lipinski definition) is 1. The zero-order valence-electron chi connectivity index (χ0n) is 8.32. The van der Waals surface area contributed by atoms with Crippen LogP contribution in [0.15, 0.2) is 16.9 Å². The Hall–Kier alpha value is -0.990. The number of aromatic amines is 1. The topological polar surface area (TPSA) is 32.9 Å². The van der Waals surface area contributed by atoms with Crippen LogP contribution in [0.2, 0.25) is 10.0 Å². The maximum atomic E-state index is 11.8. The highest BCUT2D eigenvalue weighted by molar-refractivity contribution is 6.32. The molecule has 0 aliphatic heterocycles. The van der Waals surface area contributed by atoms with E-state index in [4.69, 9.17) is 23.2 Å². The highest BCUT2D eigenvalue weighted by Crippen LogP contribution is 2.22. The molecule has 0 amide bonds. The average molecular weight is 242 g/mol. The van der Waals surface area contributed by atoms with Gasteiger partial charge in [0.1, 0.15) is 5.02 Å². The van der Waals surface area contributed by atoms with Crippen molar-refractivity contribution in [2.75, 3.05) is 0 Å². The third-order valence-corrected chi connectivity index (χ3v) is 3.06. The molecule has 78 valence electrons. The lowest BCUT2D eigenvalue weighted by Gasteiger charge is -2.06. The number of H-pyrrole nitrogens is 1. The van der Waals surface area contributed by atoms with Gasteiger partial charge in [0.2, 0.25) is 5.43 Å². The largest absolute Gasteiger partial charge is 0.357 e. The van der Waals surface area contributed by atoms with E-state index < -0.39 is 0 Å². The molecule has 0 saturated carbocycles. The molecule has 0 fully saturated rings. The van der Waals surface area contributed by atoms with Crippen molar-refractivity contribution in [3.8, 4) is 0 Å². The highest BCUT2D eigenvalue weighted by atomic mass is 35.5. The predicted octanol–water partition coefficient (Wildman–Crippen LogP) is 3.45. The maximum Gasteiger partial charge on any atom is 0.208 e. The van der Waals surface area contributed by atoms with Gasteiger partial charge in [-0.15, -0.1) is 0 Å². The molecule has 0 radical (unpaired) electrons. The number of benzene rings is 1. The van der Waals surface area contributed by atoms with E-state index in [-0.39, 0.29) is 10.5 Å². The van der Waals surface area contributed by atoms with Crippen LogP contribution in [0.1, 0.15) is 11.3 Å². The van der Waals surface area contributed by atoms with E-state index in [2.05, 4.69) is 4.98 Å². The third-order valence-electron chi connectivity index (χ3n) is 2.39. The molecule has 15 heavy (non-hydrogen) atoms. The molecule has 2 aromatic rings. The predicted molar refractivity (Wildman–Crippen MR) is 64.1 cm³/mol. The Morgan fingerprint density at radius 2 is 1.87 bits per heavy atom. The Morgan fingerprint density at radius 1 is 1.20 bits per heavy atom. The van der Waals surface area contributed by atoms with Gasteiger partial charge in [0, 0.05) is 16.1 Å². The van der Waals surface area contributed by atoms with Gasteiger partial charge in [0.15, 0.2) is 0 Å². The molecule has 1 N–H and O–H groups in total. The first-order valence-electron chi connectivity index (χ1n) is 4.49. The van der Waals surface area contributed by atoms with E-state index in [1.807, 2.05) is 13.0 Å². The number of nitrogens with one attached hydrogen (secondary N) is 1. The number of halogens is 2. The Bertz CT molecular complexity index is 602. The van der Waals surface area contributed by atoms with Crippen LogP contribution in [0.5, 0.6) is 0 Å². The number of aromatic nitrogens is 1. The molecule has 1 aromatic heterocycles. The molecular weight excluding hydrogens is 233 g/mol.